The van der Waals surface area contributed by atoms with Crippen molar-refractivity contribution in [1.29, 1.82) is 0 Å². The lowest BCUT2D eigenvalue weighted by molar-refractivity contribution is -0.140. The summed E-state index contributed by atoms with van der Waals surface area (Å²) >= 11 is 0. The van der Waals surface area contributed by atoms with E-state index in [0.29, 0.717) is 36.3 Å². The van der Waals surface area contributed by atoms with E-state index in [1.54, 1.807) is 18.2 Å². The van der Waals surface area contributed by atoms with Crippen molar-refractivity contribution in [3.05, 3.63) is 29.3 Å². The third-order valence-corrected chi connectivity index (χ3v) is 5.34. The van der Waals surface area contributed by atoms with Crippen molar-refractivity contribution >= 4 is 11.9 Å². The summed E-state index contributed by atoms with van der Waals surface area (Å²) < 4.78 is 5.90. The Hall–Kier alpha value is -2.04. The van der Waals surface area contributed by atoms with Crippen LogP contribution in [0.4, 0.5) is 0 Å². The van der Waals surface area contributed by atoms with E-state index in [1.807, 2.05) is 27.7 Å². The van der Waals surface area contributed by atoms with Crippen LogP contribution in [0.1, 0.15) is 103 Å². The molecule has 0 heterocycles. The van der Waals surface area contributed by atoms with E-state index in [1.165, 1.54) is 19.3 Å². The highest BCUT2D eigenvalue weighted by Crippen LogP contribution is 2.36. The number of benzene rings is 1. The van der Waals surface area contributed by atoms with Gasteiger partial charge in [0.05, 0.1) is 18.4 Å². The van der Waals surface area contributed by atoms with Gasteiger partial charge in [0.2, 0.25) is 0 Å². The van der Waals surface area contributed by atoms with Crippen molar-refractivity contribution in [3.8, 4) is 5.75 Å². The van der Waals surface area contributed by atoms with Crippen LogP contribution < -0.4 is 4.74 Å². The van der Waals surface area contributed by atoms with E-state index in [9.17, 15) is 19.8 Å². The number of ether oxygens (including phenoxy) is 1. The lowest BCUT2D eigenvalue weighted by Gasteiger charge is -2.24. The van der Waals surface area contributed by atoms with Gasteiger partial charge in [-0.05, 0) is 54.4 Å². The van der Waals surface area contributed by atoms with Gasteiger partial charge in [0.1, 0.15) is 5.75 Å². The number of carboxylic acid groups (broad SMARTS) is 2. The monoisotopic (exact) mass is 420 g/mol. The fraction of sp³-hybridized carbons (Fsp3) is 0.680. The molecule has 0 aliphatic rings. The summed E-state index contributed by atoms with van der Waals surface area (Å²) in [5.74, 6) is -2.33. The first-order chi connectivity index (χ1) is 14.2. The number of aliphatic carboxylic acids is 2. The maximum Gasteiger partial charge on any atom is 0.310 e. The van der Waals surface area contributed by atoms with Crippen LogP contribution in [0.2, 0.25) is 0 Å². The maximum absolute atomic E-state index is 12.1. The molecule has 0 fully saturated rings. The van der Waals surface area contributed by atoms with Gasteiger partial charge in [-0.3, -0.25) is 9.59 Å². The van der Waals surface area contributed by atoms with E-state index in [2.05, 4.69) is 6.92 Å². The van der Waals surface area contributed by atoms with Crippen molar-refractivity contribution < 1.29 is 24.5 Å². The Balaban J connectivity index is 3.19. The highest BCUT2D eigenvalue weighted by molar-refractivity contribution is 5.81. The van der Waals surface area contributed by atoms with Gasteiger partial charge in [0, 0.05) is 0 Å². The van der Waals surface area contributed by atoms with Crippen LogP contribution >= 0.6 is 0 Å². The Morgan fingerprint density at radius 3 is 1.87 bits per heavy atom. The summed E-state index contributed by atoms with van der Waals surface area (Å²) in [7, 11) is 0. The highest BCUT2D eigenvalue weighted by Gasteiger charge is 2.30. The molecule has 1 aromatic carbocycles. The average molecular weight is 421 g/mol. The number of rotatable bonds is 15. The van der Waals surface area contributed by atoms with E-state index < -0.39 is 23.8 Å². The van der Waals surface area contributed by atoms with Gasteiger partial charge in [0.25, 0.3) is 0 Å². The van der Waals surface area contributed by atoms with Gasteiger partial charge >= 0.3 is 11.9 Å². The first kappa shape index (κ1) is 26.0. The number of carbonyl (C=O) groups is 2. The molecule has 0 aromatic heterocycles. The molecule has 0 aliphatic carbocycles. The van der Waals surface area contributed by atoms with Crippen LogP contribution in [-0.4, -0.2) is 28.8 Å². The van der Waals surface area contributed by atoms with Gasteiger partial charge in [-0.1, -0.05) is 66.4 Å². The number of carboxylic acids is 2. The standard InChI is InChI=1S/C25H40O5/c1-6-7-8-9-10-13-30-19-11-12-20(22(24(26)27)14-17(2)3)21(16-19)23(25(28)29)15-18(4)5/h11-12,16-18,22-23H,6-10,13-15H2,1-5H3,(H,26,27)(H,28,29). The molecule has 0 radical (unpaired) electrons. The molecular formula is C25H40O5. The third kappa shape index (κ3) is 8.76. The van der Waals surface area contributed by atoms with Crippen LogP contribution in [0.15, 0.2) is 18.2 Å². The molecule has 2 unspecified atom stereocenters. The van der Waals surface area contributed by atoms with Gasteiger partial charge < -0.3 is 14.9 Å². The van der Waals surface area contributed by atoms with E-state index in [0.717, 1.165) is 12.8 Å². The molecule has 1 rings (SSSR count). The Morgan fingerprint density at radius 2 is 1.37 bits per heavy atom. The normalized spacial score (nSPS) is 13.4. The molecule has 0 saturated heterocycles. The Morgan fingerprint density at radius 1 is 0.833 bits per heavy atom. The first-order valence-electron chi connectivity index (χ1n) is 11.4. The molecule has 5 nitrogen and oxygen atoms in total. The summed E-state index contributed by atoms with van der Waals surface area (Å²) in [5.41, 5.74) is 1.17. The fourth-order valence-electron chi connectivity index (χ4n) is 3.82. The summed E-state index contributed by atoms with van der Waals surface area (Å²) in [5, 5.41) is 19.7. The van der Waals surface area contributed by atoms with Crippen LogP contribution in [0.5, 0.6) is 5.75 Å². The molecule has 0 amide bonds. The van der Waals surface area contributed by atoms with E-state index in [-0.39, 0.29) is 11.8 Å². The molecule has 1 aromatic rings. The Bertz CT molecular complexity index is 666. The average Bonchev–Trinajstić information content (AvgIpc) is 2.66. The molecule has 2 atom stereocenters. The molecule has 0 saturated carbocycles. The minimum atomic E-state index is -0.921. The minimum Gasteiger partial charge on any atom is -0.494 e. The van der Waals surface area contributed by atoms with Crippen molar-refractivity contribution in [2.24, 2.45) is 11.8 Å². The third-order valence-electron chi connectivity index (χ3n) is 5.34. The van der Waals surface area contributed by atoms with Crippen LogP contribution in [0.25, 0.3) is 0 Å². The zero-order valence-corrected chi connectivity index (χ0v) is 19.3. The lowest BCUT2D eigenvalue weighted by Crippen LogP contribution is -2.21. The van der Waals surface area contributed by atoms with Crippen molar-refractivity contribution in [2.45, 2.75) is 91.4 Å². The van der Waals surface area contributed by atoms with Crippen LogP contribution in [-0.2, 0) is 9.59 Å². The van der Waals surface area contributed by atoms with E-state index >= 15 is 0 Å². The number of hydrogen-bond donors (Lipinski definition) is 2. The molecule has 0 bridgehead atoms. The van der Waals surface area contributed by atoms with Crippen molar-refractivity contribution in [2.75, 3.05) is 6.61 Å². The number of hydrogen-bond acceptors (Lipinski definition) is 3. The van der Waals surface area contributed by atoms with Gasteiger partial charge in [-0.15, -0.1) is 0 Å². The van der Waals surface area contributed by atoms with E-state index in [4.69, 9.17) is 4.74 Å². The highest BCUT2D eigenvalue weighted by atomic mass is 16.5. The molecule has 0 aliphatic heterocycles. The van der Waals surface area contributed by atoms with Gasteiger partial charge in [-0.25, -0.2) is 0 Å². The second-order valence-electron chi connectivity index (χ2n) is 9.09. The summed E-state index contributed by atoms with van der Waals surface area (Å²) in [4.78, 5) is 24.1. The van der Waals surface area contributed by atoms with Crippen molar-refractivity contribution in [1.82, 2.24) is 0 Å². The van der Waals surface area contributed by atoms with Crippen LogP contribution in [0, 0.1) is 11.8 Å². The van der Waals surface area contributed by atoms with Crippen molar-refractivity contribution in [3.63, 3.8) is 0 Å². The zero-order valence-electron chi connectivity index (χ0n) is 19.3. The summed E-state index contributed by atoms with van der Waals surface area (Å²) in [6.07, 6.45) is 6.59. The minimum absolute atomic E-state index is 0.176. The molecule has 170 valence electrons. The molecule has 2 N–H and O–H groups in total. The number of unbranched alkanes of at least 4 members (excludes halogenated alkanes) is 4. The largest absolute Gasteiger partial charge is 0.494 e. The second-order valence-corrected chi connectivity index (χ2v) is 9.09. The fourth-order valence-corrected chi connectivity index (χ4v) is 3.82. The zero-order chi connectivity index (χ0) is 22.7. The van der Waals surface area contributed by atoms with Gasteiger partial charge in [0.15, 0.2) is 0 Å². The smallest absolute Gasteiger partial charge is 0.310 e. The Labute approximate surface area is 181 Å². The predicted molar refractivity (Wildman–Crippen MR) is 120 cm³/mol. The molecule has 5 heteroatoms. The topological polar surface area (TPSA) is 83.8 Å². The molecule has 0 spiro atoms. The summed E-state index contributed by atoms with van der Waals surface area (Å²) in [6, 6.07) is 5.31. The predicted octanol–water partition coefficient (Wildman–Crippen LogP) is 6.46. The molecular weight excluding hydrogens is 380 g/mol. The maximum atomic E-state index is 12.1. The SMILES string of the molecule is CCCCCCCOc1ccc(C(CC(C)C)C(=O)O)c(C(CC(C)C)C(=O)O)c1. The lowest BCUT2D eigenvalue weighted by atomic mass is 9.81. The molecule has 30 heavy (non-hydrogen) atoms. The quantitative estimate of drug-likeness (QED) is 0.318. The Kier molecular flexibility index (Phi) is 11.5. The summed E-state index contributed by atoms with van der Waals surface area (Å²) in [6.45, 7) is 10.7. The van der Waals surface area contributed by atoms with Gasteiger partial charge in [-0.2, -0.15) is 0 Å². The second kappa shape index (κ2) is 13.3. The van der Waals surface area contributed by atoms with Crippen LogP contribution in [0.3, 0.4) is 0 Å². The first-order valence-corrected chi connectivity index (χ1v) is 11.4.